The first-order valence-electron chi connectivity index (χ1n) is 4.39. The lowest BCUT2D eigenvalue weighted by Gasteiger charge is -2.10. The molecule has 1 aromatic carbocycles. The maximum Gasteiger partial charge on any atom is 0.165 e. The fourth-order valence-electron chi connectivity index (χ4n) is 1.15. The third-order valence-electron chi connectivity index (χ3n) is 1.84. The molecule has 0 aromatic heterocycles. The minimum absolute atomic E-state index is 0.166. The second kappa shape index (κ2) is 5.05. The summed E-state index contributed by atoms with van der Waals surface area (Å²) in [6.45, 7) is 6.26. The van der Waals surface area contributed by atoms with Crippen LogP contribution in [0, 0.1) is 0 Å². The van der Waals surface area contributed by atoms with Gasteiger partial charge in [0.2, 0.25) is 0 Å². The van der Waals surface area contributed by atoms with Crippen LogP contribution in [-0.2, 0) is 0 Å². The highest BCUT2D eigenvalue weighted by atomic mass is 79.9. The van der Waals surface area contributed by atoms with Crippen molar-refractivity contribution in [1.29, 1.82) is 0 Å². The zero-order chi connectivity index (χ0) is 10.6. The zero-order valence-corrected chi connectivity index (χ0v) is 9.67. The molecule has 0 bridgehead atoms. The molecule has 0 aliphatic carbocycles. The van der Waals surface area contributed by atoms with Crippen LogP contribution in [-0.4, -0.2) is 17.0 Å². The van der Waals surface area contributed by atoms with E-state index in [4.69, 9.17) is 4.74 Å². The van der Waals surface area contributed by atoms with Crippen LogP contribution in [0.1, 0.15) is 12.5 Å². The van der Waals surface area contributed by atoms with Crippen LogP contribution in [0.2, 0.25) is 0 Å². The van der Waals surface area contributed by atoms with Crippen LogP contribution in [0.5, 0.6) is 11.5 Å². The van der Waals surface area contributed by atoms with E-state index in [0.29, 0.717) is 17.7 Å². The summed E-state index contributed by atoms with van der Waals surface area (Å²) in [5.41, 5.74) is 1.57. The van der Waals surface area contributed by atoms with Gasteiger partial charge in [-0.1, -0.05) is 34.6 Å². The van der Waals surface area contributed by atoms with E-state index in [1.807, 2.05) is 19.1 Å². The Morgan fingerprint density at radius 1 is 1.57 bits per heavy atom. The number of para-hydroxylation sites is 1. The molecule has 0 atom stereocenters. The fraction of sp³-hybridized carbons (Fsp3) is 0.273. The Labute approximate surface area is 92.3 Å². The van der Waals surface area contributed by atoms with E-state index in [1.54, 1.807) is 6.07 Å². The first kappa shape index (κ1) is 11.1. The third kappa shape index (κ3) is 2.29. The Morgan fingerprint density at radius 2 is 2.29 bits per heavy atom. The average Bonchev–Trinajstić information content (AvgIpc) is 2.20. The van der Waals surface area contributed by atoms with Gasteiger partial charge in [-0.05, 0) is 18.6 Å². The van der Waals surface area contributed by atoms with Crippen LogP contribution >= 0.6 is 15.9 Å². The number of phenolic OH excluding ortho intramolecular Hbond substituents is 1. The monoisotopic (exact) mass is 256 g/mol. The summed E-state index contributed by atoms with van der Waals surface area (Å²) >= 11 is 3.30. The molecule has 0 aliphatic heterocycles. The maximum atomic E-state index is 9.81. The highest BCUT2D eigenvalue weighted by Crippen LogP contribution is 2.33. The molecule has 3 heteroatoms. The van der Waals surface area contributed by atoms with E-state index < -0.39 is 0 Å². The van der Waals surface area contributed by atoms with Gasteiger partial charge in [-0.3, -0.25) is 0 Å². The van der Waals surface area contributed by atoms with Crippen molar-refractivity contribution in [2.45, 2.75) is 6.92 Å². The summed E-state index contributed by atoms with van der Waals surface area (Å²) in [5.74, 6) is 0.672. The molecule has 1 rings (SSSR count). The second-order valence-electron chi connectivity index (χ2n) is 2.82. The van der Waals surface area contributed by atoms with Crippen LogP contribution in [0.3, 0.4) is 0 Å². The van der Waals surface area contributed by atoms with Crippen LogP contribution in [0.4, 0.5) is 0 Å². The van der Waals surface area contributed by atoms with Gasteiger partial charge in [0.1, 0.15) is 0 Å². The Kier molecular flexibility index (Phi) is 4.01. The molecule has 76 valence electrons. The number of aromatic hydroxyl groups is 1. The van der Waals surface area contributed by atoms with Crippen molar-refractivity contribution in [3.63, 3.8) is 0 Å². The normalized spacial score (nSPS) is 9.86. The minimum atomic E-state index is 0.166. The third-order valence-corrected chi connectivity index (χ3v) is 2.52. The quantitative estimate of drug-likeness (QED) is 0.839. The lowest BCUT2D eigenvalue weighted by Crippen LogP contribution is -1.94. The number of allylic oxidation sites excluding steroid dienone is 1. The smallest absolute Gasteiger partial charge is 0.165 e. The van der Waals surface area contributed by atoms with E-state index in [-0.39, 0.29) is 5.75 Å². The SMILES string of the molecule is C=C(CBr)c1cccc(OCC)c1O. The van der Waals surface area contributed by atoms with Crippen molar-refractivity contribution in [3.05, 3.63) is 30.3 Å². The molecule has 0 saturated heterocycles. The number of phenols is 1. The first-order chi connectivity index (χ1) is 6.70. The summed E-state index contributed by atoms with van der Waals surface area (Å²) in [4.78, 5) is 0. The lowest BCUT2D eigenvalue weighted by molar-refractivity contribution is 0.318. The average molecular weight is 257 g/mol. The molecule has 1 aromatic rings. The summed E-state index contributed by atoms with van der Waals surface area (Å²) in [6, 6.07) is 5.40. The van der Waals surface area contributed by atoms with Crippen molar-refractivity contribution in [3.8, 4) is 11.5 Å². The van der Waals surface area contributed by atoms with Crippen LogP contribution in [0.15, 0.2) is 24.8 Å². The predicted octanol–water partition coefficient (Wildman–Crippen LogP) is 3.20. The second-order valence-corrected chi connectivity index (χ2v) is 3.38. The minimum Gasteiger partial charge on any atom is -0.504 e. The standard InChI is InChI=1S/C11H13BrO2/c1-3-14-10-6-4-5-9(11(10)13)8(2)7-12/h4-6,13H,2-3,7H2,1H3. The van der Waals surface area contributed by atoms with Gasteiger partial charge >= 0.3 is 0 Å². The molecule has 1 N–H and O–H groups in total. The first-order valence-corrected chi connectivity index (χ1v) is 5.51. The molecule has 0 fully saturated rings. The summed E-state index contributed by atoms with van der Waals surface area (Å²) in [6.07, 6.45) is 0. The van der Waals surface area contributed by atoms with Crippen molar-refractivity contribution < 1.29 is 9.84 Å². The number of halogens is 1. The molecule has 0 saturated carbocycles. The number of hydrogen-bond acceptors (Lipinski definition) is 2. The maximum absolute atomic E-state index is 9.81. The highest BCUT2D eigenvalue weighted by Gasteiger charge is 2.09. The fourth-order valence-corrected chi connectivity index (χ4v) is 1.45. The van der Waals surface area contributed by atoms with Gasteiger partial charge in [-0.2, -0.15) is 0 Å². The van der Waals surface area contributed by atoms with Crippen LogP contribution in [0.25, 0.3) is 5.57 Å². The zero-order valence-electron chi connectivity index (χ0n) is 8.09. The molecular formula is C11H13BrO2. The van der Waals surface area contributed by atoms with Crippen molar-refractivity contribution in [1.82, 2.24) is 0 Å². The Hall–Kier alpha value is -0.960. The summed E-state index contributed by atoms with van der Waals surface area (Å²) in [7, 11) is 0. The van der Waals surface area contributed by atoms with E-state index in [1.165, 1.54) is 0 Å². The molecule has 0 spiro atoms. The van der Waals surface area contributed by atoms with Gasteiger partial charge in [0, 0.05) is 10.9 Å². The molecule has 0 heterocycles. The van der Waals surface area contributed by atoms with Gasteiger partial charge in [0.25, 0.3) is 0 Å². The number of benzene rings is 1. The molecular weight excluding hydrogens is 244 g/mol. The number of ether oxygens (including phenoxy) is 1. The summed E-state index contributed by atoms with van der Waals surface area (Å²) in [5, 5.41) is 10.4. The molecule has 0 unspecified atom stereocenters. The highest BCUT2D eigenvalue weighted by molar-refractivity contribution is 9.09. The van der Waals surface area contributed by atoms with Gasteiger partial charge in [-0.15, -0.1) is 0 Å². The van der Waals surface area contributed by atoms with Gasteiger partial charge in [0.05, 0.1) is 6.61 Å². The predicted molar refractivity (Wildman–Crippen MR) is 62.1 cm³/mol. The molecule has 0 aliphatic rings. The van der Waals surface area contributed by atoms with E-state index in [9.17, 15) is 5.11 Å². The largest absolute Gasteiger partial charge is 0.504 e. The van der Waals surface area contributed by atoms with Crippen molar-refractivity contribution >= 4 is 21.5 Å². The number of alkyl halides is 1. The van der Waals surface area contributed by atoms with Crippen LogP contribution < -0.4 is 4.74 Å². The Balaban J connectivity index is 3.07. The van der Waals surface area contributed by atoms with Gasteiger partial charge < -0.3 is 9.84 Å². The summed E-state index contributed by atoms with van der Waals surface area (Å²) < 4.78 is 5.27. The molecule has 2 nitrogen and oxygen atoms in total. The number of hydrogen-bond donors (Lipinski definition) is 1. The number of rotatable bonds is 4. The molecule has 14 heavy (non-hydrogen) atoms. The van der Waals surface area contributed by atoms with Crippen molar-refractivity contribution in [2.75, 3.05) is 11.9 Å². The van der Waals surface area contributed by atoms with Gasteiger partial charge in [0.15, 0.2) is 11.5 Å². The van der Waals surface area contributed by atoms with Crippen molar-refractivity contribution in [2.24, 2.45) is 0 Å². The lowest BCUT2D eigenvalue weighted by atomic mass is 10.1. The Morgan fingerprint density at radius 3 is 2.86 bits per heavy atom. The Bertz CT molecular complexity index is 334. The topological polar surface area (TPSA) is 29.5 Å². The van der Waals surface area contributed by atoms with E-state index >= 15 is 0 Å². The molecule has 0 radical (unpaired) electrons. The molecule has 0 amide bonds. The van der Waals surface area contributed by atoms with Gasteiger partial charge in [-0.25, -0.2) is 0 Å². The van der Waals surface area contributed by atoms with E-state index in [0.717, 1.165) is 11.1 Å². The van der Waals surface area contributed by atoms with E-state index in [2.05, 4.69) is 22.5 Å².